The SMILES string of the molecule is c1ccc(-c2nc(-c3ccc(-n4c5ccccc5c5ccccc54)cc3)cc(-c3cccc(-c4ccc(-c5c6c(cc7c(-c8ccccc8)nc8ccccc8c57)oc5ccccc56)cc4)c3)n2)cc1. The molecule has 5 heteroatoms. The van der Waals surface area contributed by atoms with Crippen molar-refractivity contribution in [2.45, 2.75) is 0 Å². The highest BCUT2D eigenvalue weighted by Crippen LogP contribution is 2.47. The van der Waals surface area contributed by atoms with Crippen molar-refractivity contribution in [3.8, 4) is 73.1 Å². The van der Waals surface area contributed by atoms with Crippen LogP contribution in [-0.2, 0) is 0 Å². The number of fused-ring (bicyclic) bond motifs is 9. The zero-order chi connectivity index (χ0) is 46.1. The Labute approximate surface area is 403 Å². The lowest BCUT2D eigenvalue weighted by Crippen LogP contribution is -1.97. The molecule has 0 aliphatic heterocycles. The fourth-order valence-electron chi connectivity index (χ4n) is 10.6. The summed E-state index contributed by atoms with van der Waals surface area (Å²) >= 11 is 0. The highest BCUT2D eigenvalue weighted by Gasteiger charge is 2.22. The van der Waals surface area contributed by atoms with Crippen molar-refractivity contribution in [1.82, 2.24) is 19.5 Å². The first-order valence-corrected chi connectivity index (χ1v) is 23.7. The van der Waals surface area contributed by atoms with Gasteiger partial charge in [-0.3, -0.25) is 0 Å². The van der Waals surface area contributed by atoms with Crippen molar-refractivity contribution < 1.29 is 4.42 Å². The Morgan fingerprint density at radius 3 is 1.60 bits per heavy atom. The molecule has 70 heavy (non-hydrogen) atoms. The van der Waals surface area contributed by atoms with Gasteiger partial charge in [-0.05, 0) is 71.3 Å². The molecule has 0 spiro atoms. The molecule has 0 unspecified atom stereocenters. The van der Waals surface area contributed by atoms with Crippen LogP contribution in [0.4, 0.5) is 0 Å². The Hall–Kier alpha value is -9.45. The number of benzene rings is 10. The molecule has 0 fully saturated rings. The summed E-state index contributed by atoms with van der Waals surface area (Å²) in [5.74, 6) is 0.681. The van der Waals surface area contributed by atoms with Crippen LogP contribution >= 0.6 is 0 Å². The standard InChI is InChI=1S/C65H40N4O/c1-3-16-44(17-4-1)64-53-39-60-63(52-25-10-14-29-59(52)70-60)61(62(53)51-24-7-11-26-54(51)66-64)43-32-30-41(31-33-43)46-20-15-21-47(38-46)56-40-55(67-65(68-56)45-18-5-2-6-19-45)42-34-36-48(37-35-42)69-57-27-12-8-22-49(57)50-23-9-13-28-58(50)69/h1-40H. The quantitative estimate of drug-likeness (QED) is 0.150. The van der Waals surface area contributed by atoms with Crippen LogP contribution in [0.15, 0.2) is 247 Å². The highest BCUT2D eigenvalue weighted by molar-refractivity contribution is 6.27. The maximum Gasteiger partial charge on any atom is 0.160 e. The molecule has 0 amide bonds. The summed E-state index contributed by atoms with van der Waals surface area (Å²) in [5.41, 5.74) is 17.3. The van der Waals surface area contributed by atoms with Crippen LogP contribution in [0.5, 0.6) is 0 Å². The van der Waals surface area contributed by atoms with Gasteiger partial charge in [0, 0.05) is 71.2 Å². The predicted octanol–water partition coefficient (Wildman–Crippen LogP) is 17.2. The summed E-state index contributed by atoms with van der Waals surface area (Å²) in [4.78, 5) is 15.7. The summed E-state index contributed by atoms with van der Waals surface area (Å²) in [5, 5.41) is 8.00. The molecule has 5 nitrogen and oxygen atoms in total. The van der Waals surface area contributed by atoms with Gasteiger partial charge in [-0.15, -0.1) is 0 Å². The Bertz CT molecular complexity index is 4270. The van der Waals surface area contributed by atoms with Gasteiger partial charge in [-0.25, -0.2) is 15.0 Å². The van der Waals surface area contributed by atoms with Gasteiger partial charge in [0.1, 0.15) is 11.2 Å². The maximum absolute atomic E-state index is 6.66. The van der Waals surface area contributed by atoms with Crippen molar-refractivity contribution >= 4 is 65.4 Å². The van der Waals surface area contributed by atoms with Gasteiger partial charge < -0.3 is 8.98 Å². The van der Waals surface area contributed by atoms with Crippen LogP contribution in [0.25, 0.3) is 139 Å². The molecule has 4 heterocycles. The highest BCUT2D eigenvalue weighted by atomic mass is 16.3. The number of hydrogen-bond acceptors (Lipinski definition) is 4. The van der Waals surface area contributed by atoms with Crippen molar-refractivity contribution in [1.29, 1.82) is 0 Å². The van der Waals surface area contributed by atoms with Gasteiger partial charge >= 0.3 is 0 Å². The van der Waals surface area contributed by atoms with Gasteiger partial charge in [0.25, 0.3) is 0 Å². The van der Waals surface area contributed by atoms with Gasteiger partial charge in [0.2, 0.25) is 0 Å². The van der Waals surface area contributed by atoms with Crippen LogP contribution in [0.3, 0.4) is 0 Å². The van der Waals surface area contributed by atoms with Crippen LogP contribution in [0, 0.1) is 0 Å². The minimum Gasteiger partial charge on any atom is -0.456 e. The molecule has 14 aromatic rings. The second-order valence-corrected chi connectivity index (χ2v) is 17.9. The van der Waals surface area contributed by atoms with Crippen molar-refractivity contribution in [2.75, 3.05) is 0 Å². The lowest BCUT2D eigenvalue weighted by atomic mass is 9.89. The molecule has 0 saturated carbocycles. The first kappa shape index (κ1) is 39.7. The molecule has 14 rings (SSSR count). The normalized spacial score (nSPS) is 11.7. The van der Waals surface area contributed by atoms with Crippen LogP contribution in [0.2, 0.25) is 0 Å². The molecule has 10 aromatic carbocycles. The Balaban J connectivity index is 0.881. The molecular formula is C65H40N4O. The minimum absolute atomic E-state index is 0.681. The van der Waals surface area contributed by atoms with Crippen molar-refractivity contribution in [3.05, 3.63) is 243 Å². The number of rotatable bonds is 7. The van der Waals surface area contributed by atoms with Crippen molar-refractivity contribution in [2.24, 2.45) is 0 Å². The average Bonchev–Trinajstić information content (AvgIpc) is 3.98. The van der Waals surface area contributed by atoms with E-state index in [2.05, 4.69) is 217 Å². The van der Waals surface area contributed by atoms with Gasteiger partial charge in [0.15, 0.2) is 5.82 Å². The third-order valence-corrected chi connectivity index (χ3v) is 13.8. The number of hydrogen-bond donors (Lipinski definition) is 0. The number of pyridine rings is 1. The summed E-state index contributed by atoms with van der Waals surface area (Å²) in [6, 6.07) is 85.5. The Morgan fingerprint density at radius 1 is 0.314 bits per heavy atom. The molecule has 0 bridgehead atoms. The zero-order valence-corrected chi connectivity index (χ0v) is 37.8. The van der Waals surface area contributed by atoms with Gasteiger partial charge in [-0.2, -0.15) is 0 Å². The Morgan fingerprint density at radius 2 is 0.871 bits per heavy atom. The van der Waals surface area contributed by atoms with E-state index in [0.29, 0.717) is 5.82 Å². The number of aromatic nitrogens is 4. The average molecular weight is 893 g/mol. The molecule has 0 radical (unpaired) electrons. The summed E-state index contributed by atoms with van der Waals surface area (Å²) in [6.07, 6.45) is 0. The lowest BCUT2D eigenvalue weighted by Gasteiger charge is -2.16. The number of para-hydroxylation sites is 4. The number of nitrogens with zero attached hydrogens (tertiary/aromatic N) is 4. The fraction of sp³-hybridized carbons (Fsp3) is 0. The summed E-state index contributed by atoms with van der Waals surface area (Å²) in [7, 11) is 0. The van der Waals surface area contributed by atoms with E-state index in [-0.39, 0.29) is 0 Å². The smallest absolute Gasteiger partial charge is 0.160 e. The largest absolute Gasteiger partial charge is 0.456 e. The maximum atomic E-state index is 6.66. The molecule has 0 atom stereocenters. The van der Waals surface area contributed by atoms with Crippen LogP contribution in [0.1, 0.15) is 0 Å². The summed E-state index contributed by atoms with van der Waals surface area (Å²) in [6.45, 7) is 0. The number of furan rings is 1. The first-order chi connectivity index (χ1) is 34.7. The van der Waals surface area contributed by atoms with E-state index in [1.807, 2.05) is 30.3 Å². The Kier molecular flexibility index (Phi) is 9.14. The molecule has 326 valence electrons. The van der Waals surface area contributed by atoms with E-state index in [0.717, 1.165) is 111 Å². The second kappa shape index (κ2) is 16.1. The molecule has 0 aliphatic rings. The van der Waals surface area contributed by atoms with Crippen LogP contribution in [-0.4, -0.2) is 19.5 Å². The third-order valence-electron chi connectivity index (χ3n) is 13.8. The fourth-order valence-corrected chi connectivity index (χ4v) is 10.6. The monoisotopic (exact) mass is 892 g/mol. The van der Waals surface area contributed by atoms with E-state index in [1.54, 1.807) is 0 Å². The molecule has 0 saturated heterocycles. The van der Waals surface area contributed by atoms with E-state index < -0.39 is 0 Å². The molecular weight excluding hydrogens is 853 g/mol. The van der Waals surface area contributed by atoms with E-state index in [1.165, 1.54) is 21.8 Å². The molecule has 0 N–H and O–H groups in total. The molecule has 4 aromatic heterocycles. The predicted molar refractivity (Wildman–Crippen MR) is 289 cm³/mol. The zero-order valence-electron chi connectivity index (χ0n) is 37.8. The van der Waals surface area contributed by atoms with E-state index in [9.17, 15) is 0 Å². The van der Waals surface area contributed by atoms with E-state index in [4.69, 9.17) is 19.4 Å². The van der Waals surface area contributed by atoms with Gasteiger partial charge in [0.05, 0.1) is 33.6 Å². The second-order valence-electron chi connectivity index (χ2n) is 17.9. The summed E-state index contributed by atoms with van der Waals surface area (Å²) < 4.78 is 9.00. The lowest BCUT2D eigenvalue weighted by molar-refractivity contribution is 0.669. The van der Waals surface area contributed by atoms with Gasteiger partial charge in [-0.1, -0.05) is 188 Å². The topological polar surface area (TPSA) is 56.7 Å². The minimum atomic E-state index is 0.681. The third kappa shape index (κ3) is 6.51. The van der Waals surface area contributed by atoms with Crippen molar-refractivity contribution in [3.63, 3.8) is 0 Å². The first-order valence-electron chi connectivity index (χ1n) is 23.7. The molecule has 0 aliphatic carbocycles. The van der Waals surface area contributed by atoms with E-state index >= 15 is 0 Å². The van der Waals surface area contributed by atoms with Crippen LogP contribution < -0.4 is 0 Å².